The van der Waals surface area contributed by atoms with Crippen molar-refractivity contribution in [3.63, 3.8) is 0 Å². The van der Waals surface area contributed by atoms with Crippen molar-refractivity contribution in [2.45, 2.75) is 24.9 Å². The molecule has 3 heteroatoms. The van der Waals surface area contributed by atoms with E-state index >= 15 is 0 Å². The van der Waals surface area contributed by atoms with Gasteiger partial charge in [-0.2, -0.15) is 0 Å². The largest absolute Gasteiger partial charge is 0.399 e. The van der Waals surface area contributed by atoms with E-state index in [1.807, 2.05) is 24.3 Å². The van der Waals surface area contributed by atoms with E-state index in [2.05, 4.69) is 29.6 Å². The van der Waals surface area contributed by atoms with Crippen LogP contribution < -0.4 is 16.8 Å². The van der Waals surface area contributed by atoms with Crippen molar-refractivity contribution < 1.29 is 0 Å². The van der Waals surface area contributed by atoms with Crippen molar-refractivity contribution in [2.24, 2.45) is 0 Å². The summed E-state index contributed by atoms with van der Waals surface area (Å²) in [5.74, 6) is 0. The lowest BCUT2D eigenvalue weighted by Gasteiger charge is -2.15. The molecule has 3 nitrogen and oxygen atoms in total. The molecular formula is C16H19N3. The third-order valence-electron chi connectivity index (χ3n) is 3.82. The van der Waals surface area contributed by atoms with Crippen LogP contribution >= 0.6 is 0 Å². The van der Waals surface area contributed by atoms with Crippen molar-refractivity contribution in [1.29, 1.82) is 0 Å². The molecule has 0 aromatic heterocycles. The summed E-state index contributed by atoms with van der Waals surface area (Å²) in [6, 6.07) is 17.1. The van der Waals surface area contributed by atoms with Gasteiger partial charge in [0.2, 0.25) is 0 Å². The van der Waals surface area contributed by atoms with E-state index < -0.39 is 0 Å². The van der Waals surface area contributed by atoms with Crippen LogP contribution in [0.5, 0.6) is 0 Å². The molecule has 0 amide bonds. The predicted molar refractivity (Wildman–Crippen MR) is 79.6 cm³/mol. The first-order valence-electron chi connectivity index (χ1n) is 6.69. The van der Waals surface area contributed by atoms with Gasteiger partial charge in [-0.1, -0.05) is 24.3 Å². The molecule has 3 rings (SSSR count). The average molecular weight is 253 g/mol. The Bertz CT molecular complexity index is 494. The Morgan fingerprint density at radius 1 is 0.684 bits per heavy atom. The molecule has 1 aliphatic heterocycles. The summed E-state index contributed by atoms with van der Waals surface area (Å²) in [4.78, 5) is 0. The second kappa shape index (κ2) is 4.94. The van der Waals surface area contributed by atoms with Crippen molar-refractivity contribution in [1.82, 2.24) is 5.32 Å². The van der Waals surface area contributed by atoms with Gasteiger partial charge in [-0.05, 0) is 48.2 Å². The van der Waals surface area contributed by atoms with Crippen LogP contribution in [-0.4, -0.2) is 0 Å². The van der Waals surface area contributed by atoms with Gasteiger partial charge in [0.15, 0.2) is 0 Å². The molecule has 2 aromatic carbocycles. The Hall–Kier alpha value is -2.00. The van der Waals surface area contributed by atoms with Gasteiger partial charge in [0, 0.05) is 23.5 Å². The number of benzene rings is 2. The molecular weight excluding hydrogens is 234 g/mol. The Morgan fingerprint density at radius 2 is 1.05 bits per heavy atom. The first-order chi connectivity index (χ1) is 9.22. The molecule has 1 aliphatic rings. The smallest absolute Gasteiger partial charge is 0.0326 e. The van der Waals surface area contributed by atoms with Crippen LogP contribution in [0.4, 0.5) is 11.4 Å². The summed E-state index contributed by atoms with van der Waals surface area (Å²) in [6.45, 7) is 0. The highest BCUT2D eigenvalue weighted by molar-refractivity contribution is 5.42. The molecule has 2 unspecified atom stereocenters. The normalized spacial score (nSPS) is 22.5. The lowest BCUT2D eigenvalue weighted by Crippen LogP contribution is -2.17. The average Bonchev–Trinajstić information content (AvgIpc) is 2.90. The standard InChI is InChI=1S/C16H19N3/c17-13-5-1-11(2-6-13)15-9-10-16(19-15)12-3-7-14(18)8-4-12/h1-8,15-16,19H,9-10,17-18H2. The van der Waals surface area contributed by atoms with E-state index in [9.17, 15) is 0 Å². The van der Waals surface area contributed by atoms with Gasteiger partial charge in [-0.3, -0.25) is 0 Å². The highest BCUT2D eigenvalue weighted by Gasteiger charge is 2.25. The minimum absolute atomic E-state index is 0.420. The van der Waals surface area contributed by atoms with E-state index in [0.29, 0.717) is 12.1 Å². The topological polar surface area (TPSA) is 64.1 Å². The molecule has 0 saturated carbocycles. The Labute approximate surface area is 113 Å². The molecule has 0 aliphatic carbocycles. The van der Waals surface area contributed by atoms with Gasteiger partial charge in [-0.15, -0.1) is 0 Å². The fourth-order valence-corrected chi connectivity index (χ4v) is 2.73. The van der Waals surface area contributed by atoms with E-state index in [1.54, 1.807) is 0 Å². The van der Waals surface area contributed by atoms with E-state index in [0.717, 1.165) is 24.2 Å². The highest BCUT2D eigenvalue weighted by Crippen LogP contribution is 2.34. The number of hydrogen-bond donors (Lipinski definition) is 3. The van der Waals surface area contributed by atoms with Crippen LogP contribution in [0.15, 0.2) is 48.5 Å². The molecule has 1 fully saturated rings. The lowest BCUT2D eigenvalue weighted by molar-refractivity contribution is 0.575. The van der Waals surface area contributed by atoms with Crippen molar-refractivity contribution >= 4 is 11.4 Å². The van der Waals surface area contributed by atoms with Crippen LogP contribution in [0.25, 0.3) is 0 Å². The summed E-state index contributed by atoms with van der Waals surface area (Å²) >= 11 is 0. The molecule has 2 atom stereocenters. The maximum Gasteiger partial charge on any atom is 0.0326 e. The van der Waals surface area contributed by atoms with E-state index in [-0.39, 0.29) is 0 Å². The fourth-order valence-electron chi connectivity index (χ4n) is 2.73. The Balaban J connectivity index is 1.73. The van der Waals surface area contributed by atoms with Gasteiger partial charge in [0.1, 0.15) is 0 Å². The number of nitrogens with one attached hydrogen (secondary N) is 1. The van der Waals surface area contributed by atoms with Gasteiger partial charge in [0.25, 0.3) is 0 Å². The minimum atomic E-state index is 0.420. The van der Waals surface area contributed by atoms with Gasteiger partial charge in [0.05, 0.1) is 0 Å². The summed E-state index contributed by atoms with van der Waals surface area (Å²) in [7, 11) is 0. The second-order valence-corrected chi connectivity index (χ2v) is 5.18. The van der Waals surface area contributed by atoms with Crippen LogP contribution in [-0.2, 0) is 0 Å². The first-order valence-corrected chi connectivity index (χ1v) is 6.69. The summed E-state index contributed by atoms with van der Waals surface area (Å²) in [5.41, 5.74) is 15.7. The van der Waals surface area contributed by atoms with Crippen LogP contribution in [0.1, 0.15) is 36.1 Å². The fraction of sp³-hybridized carbons (Fsp3) is 0.250. The van der Waals surface area contributed by atoms with Gasteiger partial charge in [-0.25, -0.2) is 0 Å². The third-order valence-corrected chi connectivity index (χ3v) is 3.82. The van der Waals surface area contributed by atoms with Crippen molar-refractivity contribution in [3.05, 3.63) is 59.7 Å². The summed E-state index contributed by atoms with van der Waals surface area (Å²) in [5, 5.41) is 3.68. The summed E-state index contributed by atoms with van der Waals surface area (Å²) < 4.78 is 0. The molecule has 19 heavy (non-hydrogen) atoms. The maximum atomic E-state index is 5.73. The number of nitrogen functional groups attached to an aromatic ring is 2. The van der Waals surface area contributed by atoms with E-state index in [4.69, 9.17) is 11.5 Å². The number of nitrogens with two attached hydrogens (primary N) is 2. The zero-order chi connectivity index (χ0) is 13.2. The second-order valence-electron chi connectivity index (χ2n) is 5.18. The third kappa shape index (κ3) is 2.56. The van der Waals surface area contributed by atoms with Gasteiger partial charge >= 0.3 is 0 Å². The number of hydrogen-bond acceptors (Lipinski definition) is 3. The molecule has 0 bridgehead atoms. The van der Waals surface area contributed by atoms with Crippen molar-refractivity contribution in [2.75, 3.05) is 11.5 Å². The highest BCUT2D eigenvalue weighted by atomic mass is 15.0. The quantitative estimate of drug-likeness (QED) is 0.721. The predicted octanol–water partition coefficient (Wildman–Crippen LogP) is 3.02. The summed E-state index contributed by atoms with van der Waals surface area (Å²) in [6.07, 6.45) is 2.30. The molecule has 5 N–H and O–H groups in total. The zero-order valence-electron chi connectivity index (χ0n) is 10.8. The van der Waals surface area contributed by atoms with Crippen LogP contribution in [0.3, 0.4) is 0 Å². The number of anilines is 2. The van der Waals surface area contributed by atoms with Crippen molar-refractivity contribution in [3.8, 4) is 0 Å². The van der Waals surface area contributed by atoms with Gasteiger partial charge < -0.3 is 16.8 Å². The maximum absolute atomic E-state index is 5.73. The Morgan fingerprint density at radius 3 is 1.42 bits per heavy atom. The lowest BCUT2D eigenvalue weighted by atomic mass is 10.0. The zero-order valence-corrected chi connectivity index (χ0v) is 10.8. The molecule has 1 saturated heterocycles. The molecule has 0 spiro atoms. The van der Waals surface area contributed by atoms with Crippen LogP contribution in [0.2, 0.25) is 0 Å². The first kappa shape index (κ1) is 12.1. The minimum Gasteiger partial charge on any atom is -0.399 e. The number of rotatable bonds is 2. The SMILES string of the molecule is Nc1ccc(C2CCC(c3ccc(N)cc3)N2)cc1. The van der Waals surface area contributed by atoms with Crippen LogP contribution in [0, 0.1) is 0 Å². The molecule has 1 heterocycles. The molecule has 98 valence electrons. The van der Waals surface area contributed by atoms with E-state index in [1.165, 1.54) is 11.1 Å². The Kier molecular flexibility index (Phi) is 3.13. The molecule has 2 aromatic rings. The monoisotopic (exact) mass is 253 g/mol. The molecule has 0 radical (unpaired) electrons.